The van der Waals surface area contributed by atoms with E-state index in [9.17, 15) is 0 Å². The predicted octanol–water partition coefficient (Wildman–Crippen LogP) is 3.80. The van der Waals surface area contributed by atoms with E-state index >= 15 is 0 Å². The Morgan fingerprint density at radius 2 is 1.89 bits per heavy atom. The Hall–Kier alpha value is -1.02. The van der Waals surface area contributed by atoms with Gasteiger partial charge in [0.05, 0.1) is 0 Å². The quantitative estimate of drug-likeness (QED) is 0.881. The summed E-state index contributed by atoms with van der Waals surface area (Å²) in [6.45, 7) is 12.9. The fourth-order valence-corrected chi connectivity index (χ4v) is 1.87. The number of rotatable bonds is 4. The van der Waals surface area contributed by atoms with Crippen molar-refractivity contribution >= 4 is 0 Å². The summed E-state index contributed by atoms with van der Waals surface area (Å²) in [4.78, 5) is 0. The standard InChI is InChI=1S/C16H27NO/c1-7-14(17)12(3)18-15-9-8-13(10-11(15)2)16(4,5)6/h8-10,12,14H,7,17H2,1-6H3. The molecule has 0 aliphatic rings. The van der Waals surface area contributed by atoms with Crippen LogP contribution in [0.5, 0.6) is 5.75 Å². The molecule has 1 aromatic rings. The molecule has 2 heteroatoms. The molecule has 0 fully saturated rings. The molecule has 0 radical (unpaired) electrons. The van der Waals surface area contributed by atoms with Gasteiger partial charge in [0.25, 0.3) is 0 Å². The number of nitrogens with two attached hydrogens (primary N) is 1. The Morgan fingerprint density at radius 1 is 1.28 bits per heavy atom. The number of benzene rings is 1. The smallest absolute Gasteiger partial charge is 0.122 e. The average molecular weight is 249 g/mol. The molecular weight excluding hydrogens is 222 g/mol. The first kappa shape index (κ1) is 15.0. The zero-order chi connectivity index (χ0) is 13.9. The van der Waals surface area contributed by atoms with Crippen molar-refractivity contribution in [2.45, 2.75) is 65.5 Å². The van der Waals surface area contributed by atoms with Crippen molar-refractivity contribution in [3.05, 3.63) is 29.3 Å². The van der Waals surface area contributed by atoms with Gasteiger partial charge in [-0.2, -0.15) is 0 Å². The van der Waals surface area contributed by atoms with E-state index < -0.39 is 0 Å². The van der Waals surface area contributed by atoms with Crippen molar-refractivity contribution in [1.29, 1.82) is 0 Å². The Morgan fingerprint density at radius 3 is 2.33 bits per heavy atom. The molecule has 2 atom stereocenters. The minimum absolute atomic E-state index is 0.0502. The largest absolute Gasteiger partial charge is 0.489 e. The van der Waals surface area contributed by atoms with Gasteiger partial charge in [0.1, 0.15) is 11.9 Å². The van der Waals surface area contributed by atoms with Crippen molar-refractivity contribution < 1.29 is 4.74 Å². The Labute approximate surface area is 112 Å². The molecule has 18 heavy (non-hydrogen) atoms. The van der Waals surface area contributed by atoms with Crippen LogP contribution in [0.1, 0.15) is 52.2 Å². The van der Waals surface area contributed by atoms with Crippen LogP contribution in [-0.4, -0.2) is 12.1 Å². The van der Waals surface area contributed by atoms with Gasteiger partial charge < -0.3 is 10.5 Å². The first-order valence-electron chi connectivity index (χ1n) is 6.79. The number of hydrogen-bond acceptors (Lipinski definition) is 2. The highest BCUT2D eigenvalue weighted by atomic mass is 16.5. The van der Waals surface area contributed by atoms with Crippen LogP contribution in [0.3, 0.4) is 0 Å². The van der Waals surface area contributed by atoms with E-state index in [4.69, 9.17) is 10.5 Å². The van der Waals surface area contributed by atoms with Crippen molar-refractivity contribution in [3.8, 4) is 5.75 Å². The fourth-order valence-electron chi connectivity index (χ4n) is 1.87. The lowest BCUT2D eigenvalue weighted by Gasteiger charge is -2.24. The maximum Gasteiger partial charge on any atom is 0.122 e. The molecule has 0 saturated heterocycles. The minimum Gasteiger partial charge on any atom is -0.489 e. The topological polar surface area (TPSA) is 35.2 Å². The van der Waals surface area contributed by atoms with E-state index in [0.717, 1.165) is 12.2 Å². The summed E-state index contributed by atoms with van der Waals surface area (Å²) in [5.74, 6) is 0.944. The van der Waals surface area contributed by atoms with E-state index in [1.807, 2.05) is 6.92 Å². The molecule has 0 aliphatic heterocycles. The van der Waals surface area contributed by atoms with E-state index in [1.54, 1.807) is 0 Å². The normalized spacial score (nSPS) is 15.3. The second kappa shape index (κ2) is 5.75. The zero-order valence-corrected chi connectivity index (χ0v) is 12.6. The van der Waals surface area contributed by atoms with Crippen molar-refractivity contribution in [2.24, 2.45) is 5.73 Å². The van der Waals surface area contributed by atoms with Crippen molar-refractivity contribution in [2.75, 3.05) is 0 Å². The molecule has 2 nitrogen and oxygen atoms in total. The van der Waals surface area contributed by atoms with Gasteiger partial charge in [0.2, 0.25) is 0 Å². The highest BCUT2D eigenvalue weighted by Gasteiger charge is 2.17. The van der Waals surface area contributed by atoms with Gasteiger partial charge in [-0.1, -0.05) is 39.8 Å². The maximum absolute atomic E-state index is 5.99. The summed E-state index contributed by atoms with van der Waals surface area (Å²) in [6.07, 6.45) is 0.981. The van der Waals surface area contributed by atoms with Gasteiger partial charge in [-0.3, -0.25) is 0 Å². The summed E-state index contributed by atoms with van der Waals surface area (Å²) in [5, 5.41) is 0. The molecule has 102 valence electrons. The Balaban J connectivity index is 2.87. The maximum atomic E-state index is 5.99. The van der Waals surface area contributed by atoms with Crippen LogP contribution < -0.4 is 10.5 Å². The SMILES string of the molecule is CCC(N)C(C)Oc1ccc(C(C)(C)C)cc1C. The lowest BCUT2D eigenvalue weighted by Crippen LogP contribution is -2.36. The molecule has 0 saturated carbocycles. The number of ether oxygens (including phenoxy) is 1. The molecular formula is C16H27NO. The van der Waals surface area contributed by atoms with Crippen LogP contribution >= 0.6 is 0 Å². The second-order valence-corrected chi connectivity index (χ2v) is 6.13. The summed E-state index contributed by atoms with van der Waals surface area (Å²) >= 11 is 0. The molecule has 0 bridgehead atoms. The monoisotopic (exact) mass is 249 g/mol. The lowest BCUT2D eigenvalue weighted by molar-refractivity contribution is 0.186. The van der Waals surface area contributed by atoms with Crippen molar-refractivity contribution in [1.82, 2.24) is 0 Å². The average Bonchev–Trinajstić information content (AvgIpc) is 2.29. The van der Waals surface area contributed by atoms with Crippen LogP contribution in [0.15, 0.2) is 18.2 Å². The van der Waals surface area contributed by atoms with Crippen LogP contribution in [0.25, 0.3) is 0 Å². The summed E-state index contributed by atoms with van der Waals surface area (Å²) < 4.78 is 5.94. The van der Waals surface area contributed by atoms with E-state index in [0.29, 0.717) is 0 Å². The van der Waals surface area contributed by atoms with Gasteiger partial charge in [-0.15, -0.1) is 0 Å². The van der Waals surface area contributed by atoms with Crippen LogP contribution in [0, 0.1) is 6.92 Å². The molecule has 0 amide bonds. The van der Waals surface area contributed by atoms with E-state index in [2.05, 4.69) is 52.8 Å². The molecule has 2 unspecified atom stereocenters. The molecule has 0 aromatic heterocycles. The molecule has 1 rings (SSSR count). The molecule has 0 spiro atoms. The lowest BCUT2D eigenvalue weighted by atomic mass is 9.86. The highest BCUT2D eigenvalue weighted by Crippen LogP contribution is 2.28. The van der Waals surface area contributed by atoms with Crippen LogP contribution in [0.2, 0.25) is 0 Å². The minimum atomic E-state index is 0.0502. The third-order valence-corrected chi connectivity index (χ3v) is 3.43. The van der Waals surface area contributed by atoms with E-state index in [-0.39, 0.29) is 17.6 Å². The van der Waals surface area contributed by atoms with Crippen molar-refractivity contribution in [3.63, 3.8) is 0 Å². The summed E-state index contributed by atoms with van der Waals surface area (Å²) in [7, 11) is 0. The third-order valence-electron chi connectivity index (χ3n) is 3.43. The van der Waals surface area contributed by atoms with Crippen LogP contribution in [0.4, 0.5) is 0 Å². The Kier molecular flexibility index (Phi) is 4.80. The Bertz CT molecular complexity index is 393. The van der Waals surface area contributed by atoms with Gasteiger partial charge in [-0.05, 0) is 42.9 Å². The molecule has 2 N–H and O–H groups in total. The zero-order valence-electron chi connectivity index (χ0n) is 12.6. The molecule has 0 aliphatic carbocycles. The fraction of sp³-hybridized carbons (Fsp3) is 0.625. The predicted molar refractivity (Wildman–Crippen MR) is 78.2 cm³/mol. The number of aryl methyl sites for hydroxylation is 1. The number of hydrogen-bond donors (Lipinski definition) is 1. The highest BCUT2D eigenvalue weighted by molar-refractivity contribution is 5.38. The first-order chi connectivity index (χ1) is 8.25. The molecule has 0 heterocycles. The van der Waals surface area contributed by atoms with Gasteiger partial charge in [0.15, 0.2) is 0 Å². The second-order valence-electron chi connectivity index (χ2n) is 6.13. The van der Waals surface area contributed by atoms with Crippen LogP contribution in [-0.2, 0) is 5.41 Å². The van der Waals surface area contributed by atoms with Gasteiger partial charge >= 0.3 is 0 Å². The van der Waals surface area contributed by atoms with E-state index in [1.165, 1.54) is 11.1 Å². The first-order valence-corrected chi connectivity index (χ1v) is 6.79. The summed E-state index contributed by atoms with van der Waals surface area (Å²) in [5.41, 5.74) is 8.68. The summed E-state index contributed by atoms with van der Waals surface area (Å²) in [6, 6.07) is 6.51. The third kappa shape index (κ3) is 3.74. The van der Waals surface area contributed by atoms with Gasteiger partial charge in [-0.25, -0.2) is 0 Å². The molecule has 1 aromatic carbocycles. The van der Waals surface area contributed by atoms with Gasteiger partial charge in [0, 0.05) is 6.04 Å².